The summed E-state index contributed by atoms with van der Waals surface area (Å²) in [6.45, 7) is 2.22. The lowest BCUT2D eigenvalue weighted by atomic mass is 10.1. The van der Waals surface area contributed by atoms with Crippen LogP contribution in [0.3, 0.4) is 0 Å². The van der Waals surface area contributed by atoms with Crippen LogP contribution in [0.5, 0.6) is 0 Å². The van der Waals surface area contributed by atoms with E-state index in [-0.39, 0.29) is 5.56 Å². The number of nitrogens with zero attached hydrogens (tertiary/aromatic N) is 5. The first-order valence-electron chi connectivity index (χ1n) is 10.3. The van der Waals surface area contributed by atoms with E-state index in [1.54, 1.807) is 35.8 Å². The largest absolute Gasteiger partial charge is 0.352 e. The van der Waals surface area contributed by atoms with E-state index < -0.39 is 11.7 Å². The van der Waals surface area contributed by atoms with E-state index in [4.69, 9.17) is 0 Å². The molecule has 7 nitrogen and oxygen atoms in total. The third kappa shape index (κ3) is 3.66. The smallest absolute Gasteiger partial charge is 0.254 e. The molecule has 0 saturated carbocycles. The molecule has 8 heteroatoms. The van der Waals surface area contributed by atoms with Crippen LogP contribution in [0.1, 0.15) is 28.7 Å². The van der Waals surface area contributed by atoms with Gasteiger partial charge >= 0.3 is 0 Å². The summed E-state index contributed by atoms with van der Waals surface area (Å²) in [5.74, 6) is -0.361. The first-order valence-corrected chi connectivity index (χ1v) is 10.3. The molecule has 0 aliphatic rings. The molecular formula is C24H19FN6O. The zero-order valence-corrected chi connectivity index (χ0v) is 17.3. The van der Waals surface area contributed by atoms with Crippen LogP contribution in [0, 0.1) is 5.82 Å². The number of fused-ring (bicyclic) bond motifs is 2. The van der Waals surface area contributed by atoms with E-state index in [1.165, 1.54) is 12.1 Å². The maximum absolute atomic E-state index is 14.5. The van der Waals surface area contributed by atoms with Gasteiger partial charge in [0.15, 0.2) is 11.5 Å². The van der Waals surface area contributed by atoms with Crippen LogP contribution in [-0.2, 0) is 6.42 Å². The molecule has 0 fully saturated rings. The first kappa shape index (κ1) is 19.7. The second kappa shape index (κ2) is 8.14. The van der Waals surface area contributed by atoms with Crippen molar-refractivity contribution >= 4 is 22.5 Å². The van der Waals surface area contributed by atoms with Crippen molar-refractivity contribution < 1.29 is 9.18 Å². The number of rotatable bonds is 5. The van der Waals surface area contributed by atoms with Crippen molar-refractivity contribution in [2.24, 2.45) is 0 Å². The van der Waals surface area contributed by atoms with Crippen LogP contribution < -0.4 is 5.32 Å². The summed E-state index contributed by atoms with van der Waals surface area (Å²) >= 11 is 0. The van der Waals surface area contributed by atoms with E-state index in [0.29, 0.717) is 35.7 Å². The number of aromatic nitrogens is 5. The molecule has 5 aromatic rings. The van der Waals surface area contributed by atoms with Gasteiger partial charge in [-0.3, -0.25) is 9.78 Å². The highest BCUT2D eigenvalue weighted by Gasteiger charge is 2.14. The number of benzene rings is 2. The number of carbonyl (C=O) groups is 1. The molecule has 0 aliphatic carbocycles. The summed E-state index contributed by atoms with van der Waals surface area (Å²) in [6.07, 6.45) is 2.30. The van der Waals surface area contributed by atoms with E-state index >= 15 is 0 Å². The van der Waals surface area contributed by atoms with Crippen LogP contribution in [0.25, 0.3) is 27.8 Å². The molecule has 0 spiro atoms. The molecule has 2 aromatic carbocycles. The topological polar surface area (TPSA) is 85.1 Å². The van der Waals surface area contributed by atoms with Crippen LogP contribution in [0.2, 0.25) is 0 Å². The second-order valence-electron chi connectivity index (χ2n) is 7.37. The van der Waals surface area contributed by atoms with Gasteiger partial charge in [-0.05, 0) is 55.0 Å². The summed E-state index contributed by atoms with van der Waals surface area (Å²) in [6, 6.07) is 18.0. The summed E-state index contributed by atoms with van der Waals surface area (Å²) in [5.41, 5.74) is 3.72. The van der Waals surface area contributed by atoms with E-state index in [2.05, 4.69) is 31.7 Å². The molecular weight excluding hydrogens is 407 g/mol. The van der Waals surface area contributed by atoms with Gasteiger partial charge in [0.05, 0.1) is 16.8 Å². The summed E-state index contributed by atoms with van der Waals surface area (Å²) in [5, 5.41) is 16.8. The van der Waals surface area contributed by atoms with E-state index in [1.807, 2.05) is 24.3 Å². The van der Waals surface area contributed by atoms with Crippen LogP contribution in [0.4, 0.5) is 4.39 Å². The summed E-state index contributed by atoms with van der Waals surface area (Å²) in [7, 11) is 0. The molecule has 1 amide bonds. The molecule has 5 rings (SSSR count). The number of halogens is 1. The molecule has 0 bridgehead atoms. The SMILES string of the molecule is CCNC(=O)c1ccc(-c2ccc3nnc(Cc4ccc5ncccc5c4)n3n2)cc1F. The number of pyridine rings is 1. The molecule has 3 heterocycles. The predicted octanol–water partition coefficient (Wildman–Crippen LogP) is 3.82. The highest BCUT2D eigenvalue weighted by molar-refractivity contribution is 5.94. The van der Waals surface area contributed by atoms with Crippen LogP contribution in [-0.4, -0.2) is 37.2 Å². The first-order chi connectivity index (χ1) is 15.6. The molecule has 32 heavy (non-hydrogen) atoms. The van der Waals surface area contributed by atoms with Gasteiger partial charge in [-0.15, -0.1) is 10.2 Å². The van der Waals surface area contributed by atoms with Crippen molar-refractivity contribution in [3.05, 3.63) is 89.6 Å². The minimum atomic E-state index is -0.593. The Bertz CT molecular complexity index is 1460. The Morgan fingerprint density at radius 1 is 1.06 bits per heavy atom. The predicted molar refractivity (Wildman–Crippen MR) is 119 cm³/mol. The Labute approximate surface area is 182 Å². The fourth-order valence-corrected chi connectivity index (χ4v) is 3.63. The zero-order valence-electron chi connectivity index (χ0n) is 17.3. The van der Waals surface area contributed by atoms with Crippen molar-refractivity contribution in [2.75, 3.05) is 6.54 Å². The van der Waals surface area contributed by atoms with Gasteiger partial charge < -0.3 is 5.32 Å². The quantitative estimate of drug-likeness (QED) is 0.462. The minimum absolute atomic E-state index is 0.00691. The number of hydrogen-bond donors (Lipinski definition) is 1. The molecule has 3 aromatic heterocycles. The van der Waals surface area contributed by atoms with Crippen molar-refractivity contribution in [3.63, 3.8) is 0 Å². The third-order valence-corrected chi connectivity index (χ3v) is 5.20. The average Bonchev–Trinajstić information content (AvgIpc) is 3.21. The lowest BCUT2D eigenvalue weighted by Gasteiger charge is -2.07. The third-order valence-electron chi connectivity index (χ3n) is 5.20. The normalized spacial score (nSPS) is 11.2. The highest BCUT2D eigenvalue weighted by atomic mass is 19.1. The van der Waals surface area contributed by atoms with E-state index in [9.17, 15) is 9.18 Å². The Balaban J connectivity index is 1.48. The average molecular weight is 426 g/mol. The lowest BCUT2D eigenvalue weighted by molar-refractivity contribution is 0.0952. The Kier molecular flexibility index (Phi) is 5.03. The number of nitrogens with one attached hydrogen (secondary N) is 1. The number of amides is 1. The van der Waals surface area contributed by atoms with Crippen LogP contribution in [0.15, 0.2) is 66.9 Å². The van der Waals surface area contributed by atoms with Gasteiger partial charge in [0.2, 0.25) is 0 Å². The van der Waals surface area contributed by atoms with Gasteiger partial charge in [0.25, 0.3) is 5.91 Å². The van der Waals surface area contributed by atoms with Crippen molar-refractivity contribution in [3.8, 4) is 11.3 Å². The maximum Gasteiger partial charge on any atom is 0.254 e. The minimum Gasteiger partial charge on any atom is -0.352 e. The van der Waals surface area contributed by atoms with Crippen LogP contribution >= 0.6 is 0 Å². The Morgan fingerprint density at radius 3 is 2.81 bits per heavy atom. The zero-order chi connectivity index (χ0) is 22.1. The fourth-order valence-electron chi connectivity index (χ4n) is 3.63. The molecule has 0 radical (unpaired) electrons. The summed E-state index contributed by atoms with van der Waals surface area (Å²) in [4.78, 5) is 16.3. The van der Waals surface area contributed by atoms with Gasteiger partial charge in [0, 0.05) is 30.1 Å². The number of carbonyl (C=O) groups excluding carboxylic acids is 1. The summed E-state index contributed by atoms with van der Waals surface area (Å²) < 4.78 is 16.2. The highest BCUT2D eigenvalue weighted by Crippen LogP contribution is 2.22. The monoisotopic (exact) mass is 426 g/mol. The van der Waals surface area contributed by atoms with Gasteiger partial charge in [-0.25, -0.2) is 4.39 Å². The van der Waals surface area contributed by atoms with Crippen molar-refractivity contribution in [1.29, 1.82) is 0 Å². The van der Waals surface area contributed by atoms with Crippen molar-refractivity contribution in [2.45, 2.75) is 13.3 Å². The maximum atomic E-state index is 14.5. The van der Waals surface area contributed by atoms with Gasteiger partial charge in [-0.2, -0.15) is 9.61 Å². The fraction of sp³-hybridized carbons (Fsp3) is 0.125. The number of hydrogen-bond acceptors (Lipinski definition) is 5. The molecule has 0 saturated heterocycles. The van der Waals surface area contributed by atoms with Gasteiger partial charge in [0.1, 0.15) is 5.82 Å². The standard InChI is InChI=1S/C24H19FN6O/c1-2-26-24(32)18-7-6-17(14-19(18)25)21-9-10-22-28-29-23(31(22)30-21)13-15-5-8-20-16(12-15)4-3-11-27-20/h3-12,14H,2,13H2,1H3,(H,26,32). The molecule has 0 atom stereocenters. The van der Waals surface area contributed by atoms with Crippen molar-refractivity contribution in [1.82, 2.24) is 30.1 Å². The lowest BCUT2D eigenvalue weighted by Crippen LogP contribution is -2.23. The molecule has 0 aliphatic heterocycles. The Hall–Kier alpha value is -4.20. The second-order valence-corrected chi connectivity index (χ2v) is 7.37. The Morgan fingerprint density at radius 2 is 1.97 bits per heavy atom. The van der Waals surface area contributed by atoms with E-state index in [0.717, 1.165) is 16.5 Å². The molecule has 0 unspecified atom stereocenters. The van der Waals surface area contributed by atoms with Gasteiger partial charge in [-0.1, -0.05) is 18.2 Å². The molecule has 1 N–H and O–H groups in total. The molecule has 158 valence electrons.